The molecule has 2 N–H and O–H groups in total. The van der Waals surface area contributed by atoms with Gasteiger partial charge in [-0.1, -0.05) is 13.8 Å². The molecule has 0 aliphatic carbocycles. The molecule has 1 aromatic heterocycles. The molecule has 1 atom stereocenters. The molecule has 1 unspecified atom stereocenters. The van der Waals surface area contributed by atoms with Gasteiger partial charge in [-0.15, -0.1) is 0 Å². The van der Waals surface area contributed by atoms with E-state index >= 15 is 0 Å². The number of aromatic nitrogens is 2. The molecule has 9 nitrogen and oxygen atoms in total. The molecule has 2 aromatic rings. The fourth-order valence-electron chi connectivity index (χ4n) is 2.65. The maximum absolute atomic E-state index is 12.7. The number of sulfonamides is 1. The fraction of sp³-hybridized carbons (Fsp3) is 0.294. The normalized spacial score (nSPS) is 16.3. The van der Waals surface area contributed by atoms with Crippen molar-refractivity contribution in [1.29, 1.82) is 0 Å². The van der Waals surface area contributed by atoms with E-state index in [-0.39, 0.29) is 28.0 Å². The highest BCUT2D eigenvalue weighted by molar-refractivity contribution is 7.90. The van der Waals surface area contributed by atoms with Crippen LogP contribution in [-0.2, 0) is 14.8 Å². The molecule has 1 aromatic carbocycles. The van der Waals surface area contributed by atoms with E-state index in [1.807, 2.05) is 18.6 Å². The van der Waals surface area contributed by atoms with Crippen LogP contribution in [0.25, 0.3) is 0 Å². The highest BCUT2D eigenvalue weighted by Crippen LogP contribution is 2.35. The van der Waals surface area contributed by atoms with Crippen molar-refractivity contribution in [2.24, 2.45) is 5.92 Å². The van der Waals surface area contributed by atoms with E-state index in [2.05, 4.69) is 15.5 Å². The van der Waals surface area contributed by atoms with Gasteiger partial charge in [0.15, 0.2) is 6.10 Å². The van der Waals surface area contributed by atoms with E-state index in [9.17, 15) is 18.0 Å². The summed E-state index contributed by atoms with van der Waals surface area (Å²) in [6, 6.07) is 4.15. The number of hydrogen-bond donors (Lipinski definition) is 2. The Morgan fingerprint density at radius 1 is 1.30 bits per heavy atom. The quantitative estimate of drug-likeness (QED) is 0.804. The van der Waals surface area contributed by atoms with Gasteiger partial charge in [0.2, 0.25) is 0 Å². The summed E-state index contributed by atoms with van der Waals surface area (Å²) in [5.41, 5.74) is 0.805. The number of benzene rings is 1. The Morgan fingerprint density at radius 3 is 2.67 bits per heavy atom. The molecule has 2 amide bonds. The van der Waals surface area contributed by atoms with E-state index in [0.717, 1.165) is 6.20 Å². The minimum Gasteiger partial charge on any atom is -0.478 e. The second-order valence-electron chi connectivity index (χ2n) is 6.45. The molecule has 3 rings (SSSR count). The van der Waals surface area contributed by atoms with Crippen molar-refractivity contribution in [3.63, 3.8) is 0 Å². The summed E-state index contributed by atoms with van der Waals surface area (Å²) in [5.74, 6) is -0.974. The van der Waals surface area contributed by atoms with E-state index in [1.165, 1.54) is 24.4 Å². The van der Waals surface area contributed by atoms with Gasteiger partial charge in [0.05, 0.1) is 28.5 Å². The van der Waals surface area contributed by atoms with Crippen LogP contribution < -0.4 is 14.8 Å². The van der Waals surface area contributed by atoms with Gasteiger partial charge < -0.3 is 10.1 Å². The number of carbonyl (C=O) groups is 2. The fourth-order valence-corrected chi connectivity index (χ4v) is 3.86. The molecule has 0 radical (unpaired) electrons. The van der Waals surface area contributed by atoms with Gasteiger partial charge in [0.25, 0.3) is 21.8 Å². The monoisotopic (exact) mass is 390 g/mol. The van der Waals surface area contributed by atoms with Gasteiger partial charge in [0.1, 0.15) is 5.75 Å². The average Bonchev–Trinajstić information content (AvgIpc) is 2.60. The van der Waals surface area contributed by atoms with Crippen LogP contribution in [0.4, 0.5) is 5.69 Å². The Kier molecular flexibility index (Phi) is 4.83. The van der Waals surface area contributed by atoms with Crippen LogP contribution in [-0.4, -0.2) is 36.5 Å². The summed E-state index contributed by atoms with van der Waals surface area (Å²) in [5, 5.41) is 9.81. The van der Waals surface area contributed by atoms with Crippen molar-refractivity contribution < 1.29 is 22.7 Å². The maximum Gasteiger partial charge on any atom is 0.266 e. The zero-order chi connectivity index (χ0) is 19.8. The third-order valence-corrected chi connectivity index (χ3v) is 5.49. The summed E-state index contributed by atoms with van der Waals surface area (Å²) in [6.45, 7) is 5.21. The number of carbonyl (C=O) groups excluding carboxylic acids is 2. The van der Waals surface area contributed by atoms with Crippen molar-refractivity contribution in [2.45, 2.75) is 31.8 Å². The van der Waals surface area contributed by atoms with Gasteiger partial charge in [0, 0.05) is 6.07 Å². The van der Waals surface area contributed by atoms with E-state index in [4.69, 9.17) is 4.74 Å². The smallest absolute Gasteiger partial charge is 0.266 e. The number of nitrogens with one attached hydrogen (secondary N) is 2. The first kappa shape index (κ1) is 18.8. The number of aryl methyl sites for hydroxylation is 1. The van der Waals surface area contributed by atoms with Crippen molar-refractivity contribution >= 4 is 27.5 Å². The number of fused-ring (bicyclic) bond motifs is 1. The number of nitrogens with zero attached hydrogens (tertiary/aromatic N) is 2. The van der Waals surface area contributed by atoms with Crippen LogP contribution >= 0.6 is 0 Å². The lowest BCUT2D eigenvalue weighted by atomic mass is 10.0. The second-order valence-corrected chi connectivity index (χ2v) is 8.10. The standard InChI is InChI=1S/C17H18N4O5S/c1-9(2)15-17(23)20-12-6-10(3)14(7-13(12)26-15)27(24,25)21-16(22)11-4-5-18-19-8-11/h4-9,15H,1-3H3,(H,20,23)(H,21,22). The van der Waals surface area contributed by atoms with E-state index in [1.54, 1.807) is 6.92 Å². The predicted molar refractivity (Wildman–Crippen MR) is 95.7 cm³/mol. The Morgan fingerprint density at radius 2 is 2.04 bits per heavy atom. The number of amides is 2. The van der Waals surface area contributed by atoms with Crippen LogP contribution in [0, 0.1) is 12.8 Å². The molecule has 0 fully saturated rings. The van der Waals surface area contributed by atoms with Crippen LogP contribution in [0.15, 0.2) is 35.5 Å². The van der Waals surface area contributed by atoms with Crippen LogP contribution in [0.5, 0.6) is 5.75 Å². The summed E-state index contributed by atoms with van der Waals surface area (Å²) in [7, 11) is -4.16. The van der Waals surface area contributed by atoms with Crippen LogP contribution in [0.1, 0.15) is 29.8 Å². The average molecular weight is 390 g/mol. The molecule has 27 heavy (non-hydrogen) atoms. The van der Waals surface area contributed by atoms with Crippen molar-refractivity contribution in [1.82, 2.24) is 14.9 Å². The number of hydrogen-bond acceptors (Lipinski definition) is 7. The molecule has 0 saturated carbocycles. The Bertz CT molecular complexity index is 1010. The molecule has 1 aliphatic heterocycles. The third kappa shape index (κ3) is 3.75. The maximum atomic E-state index is 12.7. The molecule has 0 spiro atoms. The highest BCUT2D eigenvalue weighted by atomic mass is 32.2. The molecule has 2 heterocycles. The van der Waals surface area contributed by atoms with Crippen molar-refractivity contribution in [3.8, 4) is 5.75 Å². The first-order valence-corrected chi connectivity index (χ1v) is 9.63. The zero-order valence-corrected chi connectivity index (χ0v) is 15.7. The van der Waals surface area contributed by atoms with Crippen LogP contribution in [0.3, 0.4) is 0 Å². The summed E-state index contributed by atoms with van der Waals surface area (Å²) < 4.78 is 33.1. The first-order chi connectivity index (χ1) is 12.7. The molecular weight excluding hydrogens is 372 g/mol. The third-order valence-electron chi connectivity index (χ3n) is 4.02. The summed E-state index contributed by atoms with van der Waals surface area (Å²) >= 11 is 0. The first-order valence-electron chi connectivity index (χ1n) is 8.15. The summed E-state index contributed by atoms with van der Waals surface area (Å²) in [6.07, 6.45) is 1.72. The Balaban J connectivity index is 1.94. The molecular formula is C17H18N4O5S. The van der Waals surface area contributed by atoms with Gasteiger partial charge >= 0.3 is 0 Å². The second kappa shape index (κ2) is 6.95. The molecule has 1 aliphatic rings. The largest absolute Gasteiger partial charge is 0.478 e. The molecule has 0 saturated heterocycles. The van der Waals surface area contributed by atoms with Gasteiger partial charge in [-0.25, -0.2) is 13.1 Å². The van der Waals surface area contributed by atoms with E-state index < -0.39 is 22.0 Å². The topological polar surface area (TPSA) is 127 Å². The zero-order valence-electron chi connectivity index (χ0n) is 14.9. The minimum atomic E-state index is -4.16. The van der Waals surface area contributed by atoms with Crippen molar-refractivity contribution in [2.75, 3.05) is 5.32 Å². The van der Waals surface area contributed by atoms with Crippen molar-refractivity contribution in [3.05, 3.63) is 41.7 Å². The molecule has 0 bridgehead atoms. The van der Waals surface area contributed by atoms with Gasteiger partial charge in [-0.05, 0) is 30.5 Å². The lowest BCUT2D eigenvalue weighted by Crippen LogP contribution is -2.40. The number of anilines is 1. The molecule has 10 heteroatoms. The summed E-state index contributed by atoms with van der Waals surface area (Å²) in [4.78, 5) is 24.1. The molecule has 142 valence electrons. The Labute approximate surface area is 156 Å². The SMILES string of the molecule is Cc1cc2c(cc1S(=O)(=O)NC(=O)c1ccnnc1)OC(C(C)C)C(=O)N2. The lowest BCUT2D eigenvalue weighted by molar-refractivity contribution is -0.125. The van der Waals surface area contributed by atoms with Crippen LogP contribution in [0.2, 0.25) is 0 Å². The van der Waals surface area contributed by atoms with Gasteiger partial charge in [-0.2, -0.15) is 10.2 Å². The number of ether oxygens (including phenoxy) is 1. The minimum absolute atomic E-state index is 0.0626. The predicted octanol–water partition coefficient (Wildman–Crippen LogP) is 1.26. The lowest BCUT2D eigenvalue weighted by Gasteiger charge is -2.29. The van der Waals surface area contributed by atoms with Gasteiger partial charge in [-0.3, -0.25) is 9.59 Å². The highest BCUT2D eigenvalue weighted by Gasteiger charge is 2.32. The van der Waals surface area contributed by atoms with E-state index in [0.29, 0.717) is 11.3 Å². The Hall–Kier alpha value is -3.01. The number of rotatable bonds is 4.